The van der Waals surface area contributed by atoms with Gasteiger partial charge in [0.2, 0.25) is 0 Å². The number of methoxy groups -OCH3 is 4. The Kier molecular flexibility index (Phi) is 5.53. The summed E-state index contributed by atoms with van der Waals surface area (Å²) in [6.07, 6.45) is 3.08. The van der Waals surface area contributed by atoms with Crippen LogP contribution < -0.4 is 0 Å². The molecule has 0 bridgehead atoms. The molecule has 1 aliphatic carbocycles. The summed E-state index contributed by atoms with van der Waals surface area (Å²) in [5.41, 5.74) is 0. The first kappa shape index (κ1) is 12.9. The van der Waals surface area contributed by atoms with E-state index in [1.807, 2.05) is 0 Å². The van der Waals surface area contributed by atoms with Crippen molar-refractivity contribution in [2.24, 2.45) is 11.8 Å². The number of rotatable bonds is 6. The lowest BCUT2D eigenvalue weighted by molar-refractivity contribution is -0.151. The van der Waals surface area contributed by atoms with Gasteiger partial charge in [0.15, 0.2) is 12.6 Å². The van der Waals surface area contributed by atoms with Crippen molar-refractivity contribution < 1.29 is 18.9 Å². The molecular formula is C11H22O4. The molecule has 15 heavy (non-hydrogen) atoms. The summed E-state index contributed by atoms with van der Waals surface area (Å²) in [6.45, 7) is 0. The van der Waals surface area contributed by atoms with Crippen molar-refractivity contribution in [3.63, 3.8) is 0 Å². The van der Waals surface area contributed by atoms with Crippen molar-refractivity contribution >= 4 is 0 Å². The van der Waals surface area contributed by atoms with Crippen LogP contribution >= 0.6 is 0 Å². The molecule has 2 unspecified atom stereocenters. The third kappa shape index (κ3) is 3.14. The smallest absolute Gasteiger partial charge is 0.159 e. The van der Waals surface area contributed by atoms with Gasteiger partial charge in [-0.05, 0) is 19.3 Å². The summed E-state index contributed by atoms with van der Waals surface area (Å²) in [6, 6.07) is 0. The second-order valence-corrected chi connectivity index (χ2v) is 4.01. The van der Waals surface area contributed by atoms with Crippen LogP contribution in [0.4, 0.5) is 0 Å². The molecule has 0 amide bonds. The maximum absolute atomic E-state index is 5.27. The predicted octanol–water partition coefficient (Wildman–Crippen LogP) is 1.64. The van der Waals surface area contributed by atoms with Crippen LogP contribution in [0.25, 0.3) is 0 Å². The van der Waals surface area contributed by atoms with Gasteiger partial charge >= 0.3 is 0 Å². The Balaban J connectivity index is 2.43. The standard InChI is InChI=1S/C11H22O4/c1-12-10(13-2)8-5-6-9(7-8)11(14-3)15-4/h8-11H,5-7H2,1-4H3. The van der Waals surface area contributed by atoms with Gasteiger partial charge < -0.3 is 18.9 Å². The zero-order chi connectivity index (χ0) is 11.3. The molecule has 4 nitrogen and oxygen atoms in total. The summed E-state index contributed by atoms with van der Waals surface area (Å²) >= 11 is 0. The van der Waals surface area contributed by atoms with E-state index in [1.165, 1.54) is 0 Å². The minimum Gasteiger partial charge on any atom is -0.356 e. The monoisotopic (exact) mass is 218 g/mol. The van der Waals surface area contributed by atoms with Crippen molar-refractivity contribution in [1.29, 1.82) is 0 Å². The van der Waals surface area contributed by atoms with Gasteiger partial charge in [-0.2, -0.15) is 0 Å². The second kappa shape index (κ2) is 6.43. The molecule has 0 aromatic carbocycles. The van der Waals surface area contributed by atoms with Crippen LogP contribution in [0, 0.1) is 11.8 Å². The molecule has 0 radical (unpaired) electrons. The third-order valence-corrected chi connectivity index (χ3v) is 3.21. The Morgan fingerprint density at radius 3 is 1.33 bits per heavy atom. The summed E-state index contributed by atoms with van der Waals surface area (Å²) in [4.78, 5) is 0. The van der Waals surface area contributed by atoms with Crippen LogP contribution in [-0.2, 0) is 18.9 Å². The molecule has 0 spiro atoms. The summed E-state index contributed by atoms with van der Waals surface area (Å²) in [7, 11) is 6.74. The molecule has 90 valence electrons. The van der Waals surface area contributed by atoms with E-state index in [0.717, 1.165) is 19.3 Å². The van der Waals surface area contributed by atoms with Gasteiger partial charge in [-0.3, -0.25) is 0 Å². The Hall–Kier alpha value is -0.160. The van der Waals surface area contributed by atoms with Crippen molar-refractivity contribution in [3.8, 4) is 0 Å². The second-order valence-electron chi connectivity index (χ2n) is 4.01. The van der Waals surface area contributed by atoms with Gasteiger partial charge in [0.1, 0.15) is 0 Å². The average molecular weight is 218 g/mol. The summed E-state index contributed by atoms with van der Waals surface area (Å²) in [5, 5.41) is 0. The van der Waals surface area contributed by atoms with Crippen molar-refractivity contribution in [3.05, 3.63) is 0 Å². The molecule has 0 saturated heterocycles. The largest absolute Gasteiger partial charge is 0.356 e. The van der Waals surface area contributed by atoms with E-state index in [4.69, 9.17) is 18.9 Å². The first-order valence-electron chi connectivity index (χ1n) is 5.38. The highest BCUT2D eigenvalue weighted by atomic mass is 16.7. The minimum absolute atomic E-state index is 0.0932. The predicted molar refractivity (Wildman–Crippen MR) is 56.4 cm³/mol. The van der Waals surface area contributed by atoms with Crippen LogP contribution in [0.2, 0.25) is 0 Å². The first-order valence-corrected chi connectivity index (χ1v) is 5.38. The van der Waals surface area contributed by atoms with Crippen molar-refractivity contribution in [2.75, 3.05) is 28.4 Å². The van der Waals surface area contributed by atoms with Gasteiger partial charge in [-0.25, -0.2) is 0 Å². The Morgan fingerprint density at radius 2 is 1.07 bits per heavy atom. The van der Waals surface area contributed by atoms with Crippen LogP contribution in [-0.4, -0.2) is 41.0 Å². The number of hydrogen-bond donors (Lipinski definition) is 0. The molecule has 0 aromatic heterocycles. The van der Waals surface area contributed by atoms with E-state index in [2.05, 4.69) is 0 Å². The summed E-state index contributed by atoms with van der Waals surface area (Å²) < 4.78 is 21.1. The van der Waals surface area contributed by atoms with Crippen molar-refractivity contribution in [1.82, 2.24) is 0 Å². The highest BCUT2D eigenvalue weighted by Crippen LogP contribution is 2.37. The molecule has 0 aliphatic heterocycles. The molecule has 0 aromatic rings. The molecule has 0 heterocycles. The molecule has 1 rings (SSSR count). The molecule has 1 saturated carbocycles. The van der Waals surface area contributed by atoms with E-state index in [9.17, 15) is 0 Å². The quantitative estimate of drug-likeness (QED) is 0.635. The highest BCUT2D eigenvalue weighted by Gasteiger charge is 2.35. The fraction of sp³-hybridized carbons (Fsp3) is 1.00. The average Bonchev–Trinajstić information content (AvgIpc) is 2.71. The van der Waals surface area contributed by atoms with E-state index >= 15 is 0 Å². The lowest BCUT2D eigenvalue weighted by atomic mass is 10.0. The molecule has 1 aliphatic rings. The van der Waals surface area contributed by atoms with Crippen LogP contribution in [0.15, 0.2) is 0 Å². The van der Waals surface area contributed by atoms with Crippen LogP contribution in [0.1, 0.15) is 19.3 Å². The van der Waals surface area contributed by atoms with Gasteiger partial charge in [0.05, 0.1) is 0 Å². The number of hydrogen-bond acceptors (Lipinski definition) is 4. The topological polar surface area (TPSA) is 36.9 Å². The van der Waals surface area contributed by atoms with Gasteiger partial charge in [0.25, 0.3) is 0 Å². The minimum atomic E-state index is -0.0932. The maximum atomic E-state index is 5.27. The SMILES string of the molecule is COC(OC)C1CCC(C(OC)OC)C1. The highest BCUT2D eigenvalue weighted by molar-refractivity contribution is 4.79. The Labute approximate surface area is 91.8 Å². The van der Waals surface area contributed by atoms with Crippen LogP contribution in [0.3, 0.4) is 0 Å². The lowest BCUT2D eigenvalue weighted by Gasteiger charge is -2.23. The van der Waals surface area contributed by atoms with E-state index < -0.39 is 0 Å². The first-order chi connectivity index (χ1) is 7.26. The molecular weight excluding hydrogens is 196 g/mol. The Bertz CT molecular complexity index is 148. The van der Waals surface area contributed by atoms with E-state index in [1.54, 1.807) is 28.4 Å². The molecule has 0 N–H and O–H groups in total. The zero-order valence-corrected chi connectivity index (χ0v) is 10.1. The normalized spacial score (nSPS) is 26.8. The lowest BCUT2D eigenvalue weighted by Crippen LogP contribution is -2.26. The third-order valence-electron chi connectivity index (χ3n) is 3.21. The van der Waals surface area contributed by atoms with Gasteiger partial charge in [-0.1, -0.05) is 0 Å². The van der Waals surface area contributed by atoms with Gasteiger partial charge in [0, 0.05) is 40.3 Å². The molecule has 4 heteroatoms. The zero-order valence-electron chi connectivity index (χ0n) is 10.1. The summed E-state index contributed by atoms with van der Waals surface area (Å²) in [5.74, 6) is 0.913. The van der Waals surface area contributed by atoms with E-state index in [0.29, 0.717) is 11.8 Å². The fourth-order valence-electron chi connectivity index (χ4n) is 2.51. The molecule has 1 fully saturated rings. The van der Waals surface area contributed by atoms with E-state index in [-0.39, 0.29) is 12.6 Å². The Morgan fingerprint density at radius 1 is 0.733 bits per heavy atom. The van der Waals surface area contributed by atoms with Crippen LogP contribution in [0.5, 0.6) is 0 Å². The molecule has 2 atom stereocenters. The number of ether oxygens (including phenoxy) is 4. The maximum Gasteiger partial charge on any atom is 0.159 e. The fourth-order valence-corrected chi connectivity index (χ4v) is 2.51. The van der Waals surface area contributed by atoms with Crippen molar-refractivity contribution in [2.45, 2.75) is 31.8 Å². The van der Waals surface area contributed by atoms with Gasteiger partial charge in [-0.15, -0.1) is 0 Å².